The fourth-order valence-corrected chi connectivity index (χ4v) is 4.97. The molecular weight excluding hydrogens is 520 g/mol. The number of phenolic OH excluding ortho intramolecular Hbond substituents is 1. The summed E-state index contributed by atoms with van der Waals surface area (Å²) in [6, 6.07) is 9.14. The highest BCUT2D eigenvalue weighted by molar-refractivity contribution is 9.10. The predicted molar refractivity (Wildman–Crippen MR) is 138 cm³/mol. The van der Waals surface area contributed by atoms with Crippen LogP contribution in [0.2, 0.25) is 0 Å². The Bertz CT molecular complexity index is 1020. The third kappa shape index (κ3) is 7.23. The van der Waals surface area contributed by atoms with Gasteiger partial charge < -0.3 is 20.1 Å². The van der Waals surface area contributed by atoms with E-state index in [4.69, 9.17) is 4.74 Å². The number of aliphatic carboxylic acids is 1. The number of aliphatic hydroxyl groups excluding tert-OH is 1. The van der Waals surface area contributed by atoms with Crippen molar-refractivity contribution in [2.75, 3.05) is 12.4 Å². The van der Waals surface area contributed by atoms with Gasteiger partial charge in [0.15, 0.2) is 5.78 Å². The van der Waals surface area contributed by atoms with E-state index in [0.717, 1.165) is 33.5 Å². The summed E-state index contributed by atoms with van der Waals surface area (Å²) in [4.78, 5) is 24.1. The van der Waals surface area contributed by atoms with E-state index in [1.807, 2.05) is 25.1 Å². The maximum Gasteiger partial charge on any atom is 0.311 e. The number of rotatable bonds is 13. The van der Waals surface area contributed by atoms with Gasteiger partial charge in [-0.3, -0.25) is 9.59 Å². The molecule has 0 aliphatic carbocycles. The lowest BCUT2D eigenvalue weighted by Crippen LogP contribution is -2.38. The van der Waals surface area contributed by atoms with Gasteiger partial charge in [0.05, 0.1) is 23.7 Å². The lowest BCUT2D eigenvalue weighted by molar-refractivity contribution is -0.153. The SMILES string of the molecule is CCCc1c(OCCCSc2ccc(CC(O)C(C)(C)C(=O)O)cc2Br)ccc(C(C)=O)c1O. The van der Waals surface area contributed by atoms with Crippen molar-refractivity contribution in [2.45, 2.75) is 64.4 Å². The number of aromatic hydroxyl groups is 1. The fraction of sp³-hybridized carbons (Fsp3) is 0.462. The Labute approximate surface area is 213 Å². The summed E-state index contributed by atoms with van der Waals surface area (Å²) in [7, 11) is 0. The molecule has 34 heavy (non-hydrogen) atoms. The van der Waals surface area contributed by atoms with Gasteiger partial charge in [-0.15, -0.1) is 11.8 Å². The van der Waals surface area contributed by atoms with Crippen LogP contribution in [0, 0.1) is 5.41 Å². The van der Waals surface area contributed by atoms with Crippen LogP contribution in [0.3, 0.4) is 0 Å². The van der Waals surface area contributed by atoms with Gasteiger partial charge in [0.1, 0.15) is 11.5 Å². The molecule has 2 rings (SSSR count). The van der Waals surface area contributed by atoms with Crippen molar-refractivity contribution in [2.24, 2.45) is 5.41 Å². The van der Waals surface area contributed by atoms with E-state index < -0.39 is 17.5 Å². The Morgan fingerprint density at radius 2 is 1.91 bits per heavy atom. The highest BCUT2D eigenvalue weighted by Crippen LogP contribution is 2.34. The average molecular weight is 554 g/mol. The van der Waals surface area contributed by atoms with Gasteiger partial charge in [0, 0.05) is 20.7 Å². The van der Waals surface area contributed by atoms with E-state index in [-0.39, 0.29) is 18.0 Å². The zero-order chi connectivity index (χ0) is 25.5. The second kappa shape index (κ2) is 12.6. The van der Waals surface area contributed by atoms with E-state index in [1.54, 1.807) is 23.9 Å². The Kier molecular flexibility index (Phi) is 10.5. The maximum atomic E-state index is 11.7. The number of carbonyl (C=O) groups is 2. The van der Waals surface area contributed by atoms with E-state index in [2.05, 4.69) is 15.9 Å². The summed E-state index contributed by atoms with van der Waals surface area (Å²) in [6.45, 7) is 6.97. The van der Waals surface area contributed by atoms with Crippen LogP contribution in [0.15, 0.2) is 39.7 Å². The number of hydrogen-bond donors (Lipinski definition) is 3. The third-order valence-electron chi connectivity index (χ3n) is 5.73. The molecule has 0 saturated carbocycles. The lowest BCUT2D eigenvalue weighted by Gasteiger charge is -2.26. The summed E-state index contributed by atoms with van der Waals surface area (Å²) < 4.78 is 6.81. The van der Waals surface area contributed by atoms with Gasteiger partial charge in [-0.2, -0.15) is 0 Å². The summed E-state index contributed by atoms with van der Waals surface area (Å²) in [5.74, 6) is 0.243. The van der Waals surface area contributed by atoms with Crippen molar-refractivity contribution in [1.82, 2.24) is 0 Å². The number of ketones is 1. The van der Waals surface area contributed by atoms with Gasteiger partial charge in [-0.1, -0.05) is 19.4 Å². The highest BCUT2D eigenvalue weighted by Gasteiger charge is 2.35. The average Bonchev–Trinajstić information content (AvgIpc) is 2.76. The number of aliphatic hydroxyl groups is 1. The van der Waals surface area contributed by atoms with Gasteiger partial charge in [-0.25, -0.2) is 0 Å². The monoisotopic (exact) mass is 552 g/mol. The smallest absolute Gasteiger partial charge is 0.311 e. The highest BCUT2D eigenvalue weighted by atomic mass is 79.9. The van der Waals surface area contributed by atoms with E-state index in [0.29, 0.717) is 29.9 Å². The number of hydrogen-bond acceptors (Lipinski definition) is 6. The molecule has 0 bridgehead atoms. The Balaban J connectivity index is 1.91. The normalized spacial score (nSPS) is 12.4. The van der Waals surface area contributed by atoms with Crippen LogP contribution in [-0.4, -0.2) is 45.5 Å². The molecule has 1 unspecified atom stereocenters. The quantitative estimate of drug-likeness (QED) is 0.162. The van der Waals surface area contributed by atoms with Crippen LogP contribution in [-0.2, 0) is 17.6 Å². The molecule has 186 valence electrons. The first-order valence-corrected chi connectivity index (χ1v) is 13.1. The van der Waals surface area contributed by atoms with Gasteiger partial charge in [-0.05, 0) is 85.8 Å². The maximum absolute atomic E-state index is 11.7. The van der Waals surface area contributed by atoms with Crippen LogP contribution in [0.1, 0.15) is 62.0 Å². The molecule has 0 heterocycles. The minimum Gasteiger partial charge on any atom is -0.507 e. The molecule has 1 atom stereocenters. The Morgan fingerprint density at radius 3 is 2.50 bits per heavy atom. The first-order valence-electron chi connectivity index (χ1n) is 11.3. The second-order valence-corrected chi connectivity index (χ2v) is 10.8. The predicted octanol–water partition coefficient (Wildman–Crippen LogP) is 5.89. The number of thioether (sulfide) groups is 1. The van der Waals surface area contributed by atoms with Crippen molar-refractivity contribution < 1.29 is 29.6 Å². The number of carboxylic acids is 1. The van der Waals surface area contributed by atoms with Gasteiger partial charge in [0.25, 0.3) is 0 Å². The summed E-state index contributed by atoms with van der Waals surface area (Å²) in [5, 5.41) is 30.0. The molecule has 3 N–H and O–H groups in total. The number of Topliss-reactive ketones (excluding diaryl/α,β-unsaturated/α-hetero) is 1. The van der Waals surface area contributed by atoms with Gasteiger partial charge in [0.2, 0.25) is 0 Å². The van der Waals surface area contributed by atoms with Crippen molar-refractivity contribution in [3.05, 3.63) is 51.5 Å². The molecule has 0 fully saturated rings. The zero-order valence-corrected chi connectivity index (χ0v) is 22.5. The lowest BCUT2D eigenvalue weighted by atomic mass is 9.83. The third-order valence-corrected chi connectivity index (χ3v) is 7.81. The van der Waals surface area contributed by atoms with Crippen LogP contribution in [0.4, 0.5) is 0 Å². The fourth-order valence-electron chi connectivity index (χ4n) is 3.36. The zero-order valence-electron chi connectivity index (χ0n) is 20.1. The minimum atomic E-state index is -1.22. The Hall–Kier alpha value is -2.03. The van der Waals surface area contributed by atoms with Crippen molar-refractivity contribution >= 4 is 39.4 Å². The molecule has 0 amide bonds. The number of carboxylic acid groups (broad SMARTS) is 1. The summed E-state index contributed by atoms with van der Waals surface area (Å²) in [5.41, 5.74) is 0.631. The molecule has 6 nitrogen and oxygen atoms in total. The number of phenols is 1. The Morgan fingerprint density at radius 1 is 1.21 bits per heavy atom. The molecule has 0 aliphatic heterocycles. The molecular formula is C26H33BrO6S. The second-order valence-electron chi connectivity index (χ2n) is 8.81. The van der Waals surface area contributed by atoms with Crippen LogP contribution >= 0.6 is 27.7 Å². The number of carbonyl (C=O) groups excluding carboxylic acids is 1. The van der Waals surface area contributed by atoms with Crippen molar-refractivity contribution in [3.63, 3.8) is 0 Å². The minimum absolute atomic E-state index is 0.0158. The van der Waals surface area contributed by atoms with E-state index >= 15 is 0 Å². The molecule has 2 aromatic carbocycles. The standard InChI is InChI=1S/C26H33BrO6S/c1-5-7-19-21(10-9-18(16(2)28)24(19)30)33-12-6-13-34-22-11-8-17(14-20(22)27)15-23(29)26(3,4)25(31)32/h8-11,14,23,29-30H,5-7,12-13,15H2,1-4H3,(H,31,32). The van der Waals surface area contributed by atoms with Crippen LogP contribution < -0.4 is 4.74 Å². The van der Waals surface area contributed by atoms with Crippen molar-refractivity contribution in [1.29, 1.82) is 0 Å². The van der Waals surface area contributed by atoms with Crippen molar-refractivity contribution in [3.8, 4) is 11.5 Å². The number of ether oxygens (including phenoxy) is 1. The van der Waals surface area contributed by atoms with Crippen LogP contribution in [0.5, 0.6) is 11.5 Å². The van der Waals surface area contributed by atoms with Gasteiger partial charge >= 0.3 is 5.97 Å². The topological polar surface area (TPSA) is 104 Å². The molecule has 2 aromatic rings. The summed E-state index contributed by atoms with van der Waals surface area (Å²) >= 11 is 5.24. The molecule has 0 spiro atoms. The number of halogens is 1. The summed E-state index contributed by atoms with van der Waals surface area (Å²) in [6.07, 6.45) is 1.51. The molecule has 8 heteroatoms. The largest absolute Gasteiger partial charge is 0.507 e. The first kappa shape index (κ1) is 28.2. The van der Waals surface area contributed by atoms with E-state index in [1.165, 1.54) is 20.8 Å². The first-order chi connectivity index (χ1) is 16.0. The van der Waals surface area contributed by atoms with E-state index in [9.17, 15) is 24.9 Å². The van der Waals surface area contributed by atoms with Crippen LogP contribution in [0.25, 0.3) is 0 Å². The molecule has 0 aromatic heterocycles. The molecule has 0 radical (unpaired) electrons. The molecule has 0 saturated heterocycles. The number of benzene rings is 2. The molecule has 0 aliphatic rings.